The molecule has 2 unspecified atom stereocenters. The van der Waals surface area contributed by atoms with Crippen molar-refractivity contribution in [3.05, 3.63) is 11.6 Å². The van der Waals surface area contributed by atoms with E-state index >= 15 is 0 Å². The van der Waals surface area contributed by atoms with Gasteiger partial charge in [0, 0.05) is 18.9 Å². The lowest BCUT2D eigenvalue weighted by Gasteiger charge is -2.27. The molecule has 7 atom stereocenters. The van der Waals surface area contributed by atoms with E-state index in [4.69, 9.17) is 14.2 Å². The zero-order valence-electron chi connectivity index (χ0n) is 30.2. The fourth-order valence-corrected chi connectivity index (χ4v) is 7.07. The van der Waals surface area contributed by atoms with Crippen LogP contribution in [0.1, 0.15) is 181 Å². The maximum atomic E-state index is 11.8. The standard InChI is InChI=1S/C39H70O8/c1-4-5-6-7-8-9-10-14-17-20-23-35(43)36-26-27-37(47-36)38(46-31(3)40)29-34(42)22-19-16-13-11-12-15-18-21-33(41)25-24-32-28-30(2)45-39(32)44/h28,30,33-38,41-43H,4-27,29H2,1-3H3/t30-,33?,34?,35-,36+,37+,38+/m0/s1. The van der Waals surface area contributed by atoms with E-state index in [-0.39, 0.29) is 36.4 Å². The zero-order valence-corrected chi connectivity index (χ0v) is 30.2. The Morgan fingerprint density at radius 1 is 0.766 bits per heavy atom. The van der Waals surface area contributed by atoms with Crippen molar-refractivity contribution in [3.8, 4) is 0 Å². The third kappa shape index (κ3) is 19.3. The summed E-state index contributed by atoms with van der Waals surface area (Å²) in [5.41, 5.74) is 0.689. The van der Waals surface area contributed by atoms with Gasteiger partial charge in [-0.2, -0.15) is 0 Å². The number of hydrogen-bond acceptors (Lipinski definition) is 8. The van der Waals surface area contributed by atoms with Crippen LogP contribution in [-0.4, -0.2) is 70.0 Å². The number of aliphatic hydroxyl groups excluding tert-OH is 3. The molecular formula is C39H70O8. The first-order chi connectivity index (χ1) is 22.7. The van der Waals surface area contributed by atoms with Crippen LogP contribution in [0.25, 0.3) is 0 Å². The number of aliphatic hydroxyl groups is 3. The summed E-state index contributed by atoms with van der Waals surface area (Å²) in [7, 11) is 0. The summed E-state index contributed by atoms with van der Waals surface area (Å²) >= 11 is 0. The zero-order chi connectivity index (χ0) is 34.3. The molecule has 2 aliphatic heterocycles. The number of ether oxygens (including phenoxy) is 3. The van der Waals surface area contributed by atoms with Crippen LogP contribution in [0.4, 0.5) is 0 Å². The van der Waals surface area contributed by atoms with Crippen molar-refractivity contribution < 1.29 is 39.1 Å². The predicted octanol–water partition coefficient (Wildman–Crippen LogP) is 8.41. The van der Waals surface area contributed by atoms with Crippen molar-refractivity contribution in [2.45, 2.75) is 224 Å². The number of esters is 2. The fourth-order valence-electron chi connectivity index (χ4n) is 7.07. The van der Waals surface area contributed by atoms with Gasteiger partial charge in [0.1, 0.15) is 12.2 Å². The average Bonchev–Trinajstić information content (AvgIpc) is 3.65. The lowest BCUT2D eigenvalue weighted by molar-refractivity contribution is -0.159. The average molecular weight is 667 g/mol. The van der Waals surface area contributed by atoms with Crippen LogP contribution >= 0.6 is 0 Å². The molecule has 8 heteroatoms. The van der Waals surface area contributed by atoms with Crippen molar-refractivity contribution in [2.75, 3.05) is 0 Å². The lowest BCUT2D eigenvalue weighted by atomic mass is 9.98. The Labute approximate surface area is 286 Å². The summed E-state index contributed by atoms with van der Waals surface area (Å²) in [6.45, 7) is 5.50. The highest BCUT2D eigenvalue weighted by atomic mass is 16.6. The highest BCUT2D eigenvalue weighted by molar-refractivity contribution is 5.90. The Morgan fingerprint density at radius 3 is 1.81 bits per heavy atom. The third-order valence-electron chi connectivity index (χ3n) is 9.92. The molecule has 0 saturated carbocycles. The van der Waals surface area contributed by atoms with E-state index in [9.17, 15) is 24.9 Å². The Kier molecular flexibility index (Phi) is 22.6. The van der Waals surface area contributed by atoms with Crippen molar-refractivity contribution in [1.29, 1.82) is 0 Å². The highest BCUT2D eigenvalue weighted by Gasteiger charge is 2.37. The largest absolute Gasteiger partial charge is 0.460 e. The Hall–Kier alpha value is -1.48. The summed E-state index contributed by atoms with van der Waals surface area (Å²) in [6, 6.07) is 0. The molecule has 2 aliphatic rings. The molecule has 0 spiro atoms. The van der Waals surface area contributed by atoms with E-state index in [1.165, 1.54) is 58.3 Å². The number of carbonyl (C=O) groups is 2. The third-order valence-corrected chi connectivity index (χ3v) is 9.92. The summed E-state index contributed by atoms with van der Waals surface area (Å²) in [5.74, 6) is -0.610. The molecular weight excluding hydrogens is 596 g/mol. The van der Waals surface area contributed by atoms with Gasteiger partial charge in [0.15, 0.2) is 0 Å². The molecule has 3 N–H and O–H groups in total. The topological polar surface area (TPSA) is 123 Å². The first-order valence-corrected chi connectivity index (χ1v) is 19.5. The first kappa shape index (κ1) is 41.7. The van der Waals surface area contributed by atoms with Crippen LogP contribution in [0.5, 0.6) is 0 Å². The van der Waals surface area contributed by atoms with Gasteiger partial charge in [-0.3, -0.25) is 4.79 Å². The van der Waals surface area contributed by atoms with Gasteiger partial charge in [-0.1, -0.05) is 116 Å². The first-order valence-electron chi connectivity index (χ1n) is 19.5. The second kappa shape index (κ2) is 25.5. The molecule has 0 aliphatic carbocycles. The molecule has 1 saturated heterocycles. The van der Waals surface area contributed by atoms with Crippen LogP contribution in [-0.2, 0) is 23.8 Å². The van der Waals surface area contributed by atoms with Gasteiger partial charge in [0.05, 0.1) is 30.5 Å². The second-order valence-electron chi connectivity index (χ2n) is 14.4. The molecule has 8 nitrogen and oxygen atoms in total. The molecule has 0 aromatic heterocycles. The van der Waals surface area contributed by atoms with Gasteiger partial charge in [-0.15, -0.1) is 0 Å². The summed E-state index contributed by atoms with van der Waals surface area (Å²) in [5, 5.41) is 31.7. The van der Waals surface area contributed by atoms with Crippen LogP contribution in [0.3, 0.4) is 0 Å². The number of carbonyl (C=O) groups excluding carboxylic acids is 2. The summed E-state index contributed by atoms with van der Waals surface area (Å²) < 4.78 is 16.9. The molecule has 0 amide bonds. The number of rotatable bonds is 29. The van der Waals surface area contributed by atoms with Gasteiger partial charge in [0.2, 0.25) is 0 Å². The normalized spacial score (nSPS) is 22.1. The van der Waals surface area contributed by atoms with Crippen LogP contribution in [0.15, 0.2) is 11.6 Å². The Bertz CT molecular complexity index is 860. The number of unbranched alkanes of at least 4 members (excludes halogenated alkanes) is 15. The molecule has 0 aromatic rings. The minimum atomic E-state index is -0.551. The fraction of sp³-hybridized carbons (Fsp3) is 0.897. The number of hydrogen-bond donors (Lipinski definition) is 3. The van der Waals surface area contributed by atoms with Gasteiger partial charge in [-0.25, -0.2) is 4.79 Å². The Morgan fingerprint density at radius 2 is 1.28 bits per heavy atom. The van der Waals surface area contributed by atoms with E-state index in [0.717, 1.165) is 83.5 Å². The van der Waals surface area contributed by atoms with E-state index in [2.05, 4.69) is 6.92 Å². The van der Waals surface area contributed by atoms with Crippen LogP contribution in [0, 0.1) is 0 Å². The van der Waals surface area contributed by atoms with Crippen molar-refractivity contribution in [3.63, 3.8) is 0 Å². The predicted molar refractivity (Wildman–Crippen MR) is 187 cm³/mol. The monoisotopic (exact) mass is 667 g/mol. The highest BCUT2D eigenvalue weighted by Crippen LogP contribution is 2.30. The van der Waals surface area contributed by atoms with Gasteiger partial charge in [-0.05, 0) is 57.9 Å². The molecule has 1 fully saturated rings. The molecule has 274 valence electrons. The quantitative estimate of drug-likeness (QED) is 0.0537. The van der Waals surface area contributed by atoms with Crippen LogP contribution in [0.2, 0.25) is 0 Å². The smallest absolute Gasteiger partial charge is 0.334 e. The van der Waals surface area contributed by atoms with Crippen LogP contribution < -0.4 is 0 Å². The van der Waals surface area contributed by atoms with Crippen molar-refractivity contribution >= 4 is 11.9 Å². The van der Waals surface area contributed by atoms with Gasteiger partial charge in [0.25, 0.3) is 0 Å². The minimum absolute atomic E-state index is 0.153. The molecule has 47 heavy (non-hydrogen) atoms. The van der Waals surface area contributed by atoms with E-state index in [1.54, 1.807) is 0 Å². The van der Waals surface area contributed by atoms with Crippen molar-refractivity contribution in [2.24, 2.45) is 0 Å². The lowest BCUT2D eigenvalue weighted by Crippen LogP contribution is -2.36. The van der Waals surface area contributed by atoms with Crippen molar-refractivity contribution in [1.82, 2.24) is 0 Å². The Balaban J connectivity index is 1.50. The van der Waals surface area contributed by atoms with E-state index < -0.39 is 18.3 Å². The van der Waals surface area contributed by atoms with E-state index in [1.807, 2.05) is 13.0 Å². The van der Waals surface area contributed by atoms with E-state index in [0.29, 0.717) is 31.3 Å². The number of cyclic esters (lactones) is 1. The SMILES string of the molecule is CCCCCCCCCCCC[C@H](O)[C@H]1CC[C@H]([C@@H](CC(O)CCCCCCCCCC(O)CCC2=C[C@H](C)OC2=O)OC(C)=O)O1. The minimum Gasteiger partial charge on any atom is -0.460 e. The molecule has 2 heterocycles. The van der Waals surface area contributed by atoms with Gasteiger partial charge < -0.3 is 29.5 Å². The maximum Gasteiger partial charge on any atom is 0.334 e. The maximum absolute atomic E-state index is 11.8. The summed E-state index contributed by atoms with van der Waals surface area (Å²) in [6.07, 6.45) is 24.6. The molecule has 0 radical (unpaired) electrons. The molecule has 2 rings (SSSR count). The second-order valence-corrected chi connectivity index (χ2v) is 14.4. The molecule has 0 aromatic carbocycles. The molecule has 0 bridgehead atoms. The summed E-state index contributed by atoms with van der Waals surface area (Å²) in [4.78, 5) is 23.5. The van der Waals surface area contributed by atoms with Gasteiger partial charge >= 0.3 is 11.9 Å².